The fourth-order valence-electron chi connectivity index (χ4n) is 2.19. The van der Waals surface area contributed by atoms with E-state index in [1.54, 1.807) is 18.5 Å². The van der Waals surface area contributed by atoms with Gasteiger partial charge >= 0.3 is 0 Å². The molecular formula is C16H13FIN3. The van der Waals surface area contributed by atoms with Crippen LogP contribution in [0.4, 0.5) is 10.2 Å². The molecule has 0 amide bonds. The monoisotopic (exact) mass is 393 g/mol. The lowest BCUT2D eigenvalue weighted by atomic mass is 10.1. The highest BCUT2D eigenvalue weighted by Crippen LogP contribution is 2.21. The zero-order valence-corrected chi connectivity index (χ0v) is 13.3. The fourth-order valence-corrected chi connectivity index (χ4v) is 2.68. The molecule has 0 atom stereocenters. The summed E-state index contributed by atoms with van der Waals surface area (Å²) in [6.07, 6.45) is 2.30. The lowest BCUT2D eigenvalue weighted by Gasteiger charge is -2.08. The topological polar surface area (TPSA) is 37.8 Å². The molecule has 3 aromatic rings. The van der Waals surface area contributed by atoms with Gasteiger partial charge in [-0.2, -0.15) is 0 Å². The van der Waals surface area contributed by atoms with Gasteiger partial charge in [0.05, 0.1) is 5.52 Å². The molecule has 0 aliphatic heterocycles. The van der Waals surface area contributed by atoms with Crippen LogP contribution in [0, 0.1) is 9.39 Å². The van der Waals surface area contributed by atoms with Crippen molar-refractivity contribution in [2.45, 2.75) is 6.42 Å². The summed E-state index contributed by atoms with van der Waals surface area (Å²) in [5.74, 6) is 0.615. The van der Waals surface area contributed by atoms with Gasteiger partial charge in [0.25, 0.3) is 0 Å². The van der Waals surface area contributed by atoms with Crippen LogP contribution in [0.1, 0.15) is 5.56 Å². The van der Waals surface area contributed by atoms with E-state index in [0.717, 1.165) is 32.3 Å². The average Bonchev–Trinajstić information content (AvgIpc) is 2.48. The summed E-state index contributed by atoms with van der Waals surface area (Å²) in [4.78, 5) is 8.55. The maximum atomic E-state index is 13.1. The maximum absolute atomic E-state index is 13.1. The van der Waals surface area contributed by atoms with Gasteiger partial charge in [-0.25, -0.2) is 14.4 Å². The third-order valence-electron chi connectivity index (χ3n) is 3.19. The van der Waals surface area contributed by atoms with E-state index < -0.39 is 0 Å². The van der Waals surface area contributed by atoms with Gasteiger partial charge in [0.15, 0.2) is 0 Å². The number of aromatic nitrogens is 2. The van der Waals surface area contributed by atoms with E-state index in [9.17, 15) is 4.39 Å². The Balaban J connectivity index is 1.75. The molecule has 0 spiro atoms. The van der Waals surface area contributed by atoms with Crippen LogP contribution in [0.15, 0.2) is 48.8 Å². The Morgan fingerprint density at radius 3 is 2.86 bits per heavy atom. The number of hydrogen-bond donors (Lipinski definition) is 1. The molecule has 0 aliphatic rings. The summed E-state index contributed by atoms with van der Waals surface area (Å²) in [5, 5.41) is 4.31. The van der Waals surface area contributed by atoms with Crippen molar-refractivity contribution in [3.63, 3.8) is 0 Å². The third kappa shape index (κ3) is 3.47. The first-order valence-corrected chi connectivity index (χ1v) is 7.69. The third-order valence-corrected chi connectivity index (χ3v) is 3.86. The predicted molar refractivity (Wildman–Crippen MR) is 90.8 cm³/mol. The standard InChI is InChI=1S/C16H13FIN3/c17-12-3-1-2-11(8-12)6-7-19-16-14-9-13(18)4-5-15(14)20-10-21-16/h1-5,8-10H,6-7H2,(H,19,20,21). The number of benzene rings is 2. The van der Waals surface area contributed by atoms with Gasteiger partial charge < -0.3 is 5.32 Å². The predicted octanol–water partition coefficient (Wildman–Crippen LogP) is 4.03. The van der Waals surface area contributed by atoms with Gasteiger partial charge in [-0.1, -0.05) is 12.1 Å². The summed E-state index contributed by atoms with van der Waals surface area (Å²) in [6.45, 7) is 0.695. The van der Waals surface area contributed by atoms with E-state index in [1.807, 2.05) is 18.2 Å². The van der Waals surface area contributed by atoms with Crippen molar-refractivity contribution in [1.82, 2.24) is 9.97 Å². The van der Waals surface area contributed by atoms with Gasteiger partial charge in [-0.05, 0) is 64.9 Å². The Hall–Kier alpha value is -1.76. The van der Waals surface area contributed by atoms with E-state index in [-0.39, 0.29) is 5.82 Å². The Bertz CT molecular complexity index is 776. The molecule has 106 valence electrons. The second-order valence-electron chi connectivity index (χ2n) is 4.69. The molecule has 0 aliphatic carbocycles. The van der Waals surface area contributed by atoms with E-state index >= 15 is 0 Å². The fraction of sp³-hybridized carbons (Fsp3) is 0.125. The van der Waals surface area contributed by atoms with Crippen molar-refractivity contribution in [2.24, 2.45) is 0 Å². The van der Waals surface area contributed by atoms with Gasteiger partial charge in [0, 0.05) is 15.5 Å². The largest absolute Gasteiger partial charge is 0.369 e. The van der Waals surface area contributed by atoms with Gasteiger partial charge in [-0.15, -0.1) is 0 Å². The number of nitrogens with one attached hydrogen (secondary N) is 1. The Kier molecular flexibility index (Phi) is 4.28. The van der Waals surface area contributed by atoms with Crippen LogP contribution in [-0.4, -0.2) is 16.5 Å². The quantitative estimate of drug-likeness (QED) is 0.681. The molecule has 2 aromatic carbocycles. The van der Waals surface area contributed by atoms with Crippen molar-refractivity contribution < 1.29 is 4.39 Å². The maximum Gasteiger partial charge on any atom is 0.137 e. The van der Waals surface area contributed by atoms with E-state index in [0.29, 0.717) is 6.54 Å². The molecule has 5 heteroatoms. The van der Waals surface area contributed by atoms with Crippen LogP contribution >= 0.6 is 22.6 Å². The molecule has 1 aromatic heterocycles. The van der Waals surface area contributed by atoms with Crippen molar-refractivity contribution in [2.75, 3.05) is 11.9 Å². The molecule has 0 bridgehead atoms. The van der Waals surface area contributed by atoms with Crippen molar-refractivity contribution in [1.29, 1.82) is 0 Å². The number of anilines is 1. The first kappa shape index (κ1) is 14.2. The first-order valence-electron chi connectivity index (χ1n) is 6.61. The number of halogens is 2. The minimum absolute atomic E-state index is 0.200. The summed E-state index contributed by atoms with van der Waals surface area (Å²) in [6, 6.07) is 12.7. The normalized spacial score (nSPS) is 10.8. The molecule has 0 saturated heterocycles. The second-order valence-corrected chi connectivity index (χ2v) is 5.94. The second kappa shape index (κ2) is 6.34. The lowest BCUT2D eigenvalue weighted by molar-refractivity contribution is 0.625. The molecule has 1 N–H and O–H groups in total. The highest BCUT2D eigenvalue weighted by molar-refractivity contribution is 14.1. The van der Waals surface area contributed by atoms with E-state index in [2.05, 4.69) is 43.9 Å². The molecule has 0 unspecified atom stereocenters. The van der Waals surface area contributed by atoms with Crippen molar-refractivity contribution in [3.8, 4) is 0 Å². The minimum Gasteiger partial charge on any atom is -0.369 e. The molecule has 0 fully saturated rings. The van der Waals surface area contributed by atoms with Crippen LogP contribution in [0.3, 0.4) is 0 Å². The average molecular weight is 393 g/mol. The molecule has 3 nitrogen and oxygen atoms in total. The summed E-state index contributed by atoms with van der Waals surface area (Å²) < 4.78 is 14.3. The Labute approximate surface area is 135 Å². The molecule has 0 saturated carbocycles. The minimum atomic E-state index is -0.200. The Morgan fingerprint density at radius 1 is 1.10 bits per heavy atom. The SMILES string of the molecule is Fc1cccc(CCNc2ncnc3ccc(I)cc23)c1. The smallest absolute Gasteiger partial charge is 0.137 e. The van der Waals surface area contributed by atoms with E-state index in [4.69, 9.17) is 0 Å². The van der Waals surface area contributed by atoms with Crippen LogP contribution < -0.4 is 5.32 Å². The first-order chi connectivity index (χ1) is 10.2. The highest BCUT2D eigenvalue weighted by atomic mass is 127. The lowest BCUT2D eigenvalue weighted by Crippen LogP contribution is -2.07. The van der Waals surface area contributed by atoms with Crippen LogP contribution in [0.2, 0.25) is 0 Å². The molecule has 1 heterocycles. The zero-order chi connectivity index (χ0) is 14.7. The summed E-state index contributed by atoms with van der Waals surface area (Å²) >= 11 is 2.27. The van der Waals surface area contributed by atoms with E-state index in [1.165, 1.54) is 6.07 Å². The zero-order valence-electron chi connectivity index (χ0n) is 11.2. The number of fused-ring (bicyclic) bond motifs is 1. The summed E-state index contributed by atoms with van der Waals surface area (Å²) in [5.41, 5.74) is 1.88. The van der Waals surface area contributed by atoms with Gasteiger partial charge in [0.2, 0.25) is 0 Å². The van der Waals surface area contributed by atoms with Crippen LogP contribution in [0.25, 0.3) is 10.9 Å². The molecule has 0 radical (unpaired) electrons. The van der Waals surface area contributed by atoms with Crippen LogP contribution in [-0.2, 0) is 6.42 Å². The Morgan fingerprint density at radius 2 is 2.00 bits per heavy atom. The molecule has 21 heavy (non-hydrogen) atoms. The number of rotatable bonds is 4. The molecule has 3 rings (SSSR count). The van der Waals surface area contributed by atoms with Gasteiger partial charge in [0.1, 0.15) is 18.0 Å². The summed E-state index contributed by atoms with van der Waals surface area (Å²) in [7, 11) is 0. The number of hydrogen-bond acceptors (Lipinski definition) is 3. The van der Waals surface area contributed by atoms with Crippen molar-refractivity contribution >= 4 is 39.3 Å². The van der Waals surface area contributed by atoms with Crippen LogP contribution in [0.5, 0.6) is 0 Å². The highest BCUT2D eigenvalue weighted by Gasteiger charge is 2.04. The van der Waals surface area contributed by atoms with Crippen molar-refractivity contribution in [3.05, 3.63) is 63.7 Å². The van der Waals surface area contributed by atoms with Gasteiger partial charge in [-0.3, -0.25) is 0 Å². The number of nitrogens with zero attached hydrogens (tertiary/aromatic N) is 2. The molecular weight excluding hydrogens is 380 g/mol.